The van der Waals surface area contributed by atoms with Gasteiger partial charge in [0.25, 0.3) is 0 Å². The highest BCUT2D eigenvalue weighted by atomic mass is 127. The van der Waals surface area contributed by atoms with Crippen LogP contribution in [0.5, 0.6) is 0 Å². The summed E-state index contributed by atoms with van der Waals surface area (Å²) in [6, 6.07) is 37.8. The predicted octanol–water partition coefficient (Wildman–Crippen LogP) is 8.53. The Morgan fingerprint density at radius 2 is 1.06 bits per heavy atom. The Bertz CT molecular complexity index is 1740. The standard InChI is InChI=1S/C31H17IO/c32-27-15-7-11-20-21-16-17-26-28(30(21)33-29(20)27)22-10-3-6-14-25(22)31(26)23-12-4-1-8-18(23)19-9-2-5-13-24(19)31/h1-17H. The lowest BCUT2D eigenvalue weighted by Crippen LogP contribution is -2.25. The van der Waals surface area contributed by atoms with E-state index in [1.165, 1.54) is 55.3 Å². The van der Waals surface area contributed by atoms with Crippen molar-refractivity contribution in [3.8, 4) is 22.3 Å². The van der Waals surface area contributed by atoms with Crippen molar-refractivity contribution >= 4 is 44.5 Å². The molecule has 5 aromatic carbocycles. The van der Waals surface area contributed by atoms with Crippen molar-refractivity contribution in [1.82, 2.24) is 0 Å². The second-order valence-corrected chi connectivity index (χ2v) is 10.1. The number of para-hydroxylation sites is 1. The van der Waals surface area contributed by atoms with Gasteiger partial charge in [0, 0.05) is 16.3 Å². The molecule has 33 heavy (non-hydrogen) atoms. The summed E-state index contributed by atoms with van der Waals surface area (Å²) in [5.74, 6) is 0. The monoisotopic (exact) mass is 532 g/mol. The molecular formula is C31H17IO. The van der Waals surface area contributed by atoms with Crippen LogP contribution >= 0.6 is 22.6 Å². The van der Waals surface area contributed by atoms with E-state index in [1.54, 1.807) is 0 Å². The lowest BCUT2D eigenvalue weighted by Gasteiger charge is -2.30. The van der Waals surface area contributed by atoms with Crippen LogP contribution in [0.1, 0.15) is 22.3 Å². The summed E-state index contributed by atoms with van der Waals surface area (Å²) in [5, 5.41) is 2.37. The molecule has 0 saturated carbocycles. The van der Waals surface area contributed by atoms with E-state index in [1.807, 2.05) is 0 Å². The summed E-state index contributed by atoms with van der Waals surface area (Å²) in [5.41, 5.74) is 12.2. The average molecular weight is 532 g/mol. The van der Waals surface area contributed by atoms with Gasteiger partial charge < -0.3 is 4.42 Å². The van der Waals surface area contributed by atoms with Gasteiger partial charge in [-0.1, -0.05) is 97.1 Å². The minimum atomic E-state index is -0.320. The molecule has 0 aliphatic heterocycles. The third-order valence-electron chi connectivity index (χ3n) is 7.58. The molecule has 2 heteroatoms. The van der Waals surface area contributed by atoms with Gasteiger partial charge in [-0.15, -0.1) is 0 Å². The van der Waals surface area contributed by atoms with Crippen molar-refractivity contribution in [3.63, 3.8) is 0 Å². The minimum Gasteiger partial charge on any atom is -0.454 e. The number of halogens is 1. The second kappa shape index (κ2) is 6.15. The number of hydrogen-bond donors (Lipinski definition) is 0. The summed E-state index contributed by atoms with van der Waals surface area (Å²) in [7, 11) is 0. The van der Waals surface area contributed by atoms with Gasteiger partial charge in [-0.3, -0.25) is 0 Å². The van der Waals surface area contributed by atoms with Gasteiger partial charge in [0.15, 0.2) is 0 Å². The molecule has 0 saturated heterocycles. The van der Waals surface area contributed by atoms with E-state index < -0.39 is 0 Å². The third-order valence-corrected chi connectivity index (χ3v) is 8.43. The molecule has 0 atom stereocenters. The second-order valence-electron chi connectivity index (χ2n) is 8.97. The molecule has 0 amide bonds. The molecule has 2 aliphatic carbocycles. The molecule has 1 nitrogen and oxygen atoms in total. The SMILES string of the molecule is Ic1cccc2c1oc1c3c(ccc12)C1(c2ccccc2-c2ccccc21)c1ccccc1-3. The Morgan fingerprint density at radius 3 is 1.76 bits per heavy atom. The summed E-state index contributed by atoms with van der Waals surface area (Å²) in [6.45, 7) is 0. The summed E-state index contributed by atoms with van der Waals surface area (Å²) in [6.07, 6.45) is 0. The van der Waals surface area contributed by atoms with Gasteiger partial charge in [0.05, 0.1) is 8.99 Å². The summed E-state index contributed by atoms with van der Waals surface area (Å²) in [4.78, 5) is 0. The molecule has 8 rings (SSSR count). The average Bonchev–Trinajstić information content (AvgIpc) is 3.49. The van der Waals surface area contributed by atoms with Crippen LogP contribution in [0.25, 0.3) is 44.2 Å². The number of fused-ring (bicyclic) bond motifs is 14. The van der Waals surface area contributed by atoms with Gasteiger partial charge in [-0.2, -0.15) is 0 Å². The molecule has 0 unspecified atom stereocenters. The van der Waals surface area contributed by atoms with Crippen molar-refractivity contribution in [2.45, 2.75) is 5.41 Å². The smallest absolute Gasteiger partial charge is 0.148 e. The molecule has 154 valence electrons. The van der Waals surface area contributed by atoms with Gasteiger partial charge >= 0.3 is 0 Å². The highest BCUT2D eigenvalue weighted by Crippen LogP contribution is 2.63. The van der Waals surface area contributed by atoms with Gasteiger partial charge in [0.2, 0.25) is 0 Å². The first kappa shape index (κ1) is 18.1. The maximum atomic E-state index is 6.65. The van der Waals surface area contributed by atoms with E-state index in [-0.39, 0.29) is 5.41 Å². The molecule has 1 spiro atoms. The van der Waals surface area contributed by atoms with Gasteiger partial charge in [-0.25, -0.2) is 0 Å². The number of rotatable bonds is 0. The molecule has 1 aromatic heterocycles. The van der Waals surface area contributed by atoms with Crippen molar-refractivity contribution in [1.29, 1.82) is 0 Å². The van der Waals surface area contributed by atoms with Crippen LogP contribution in [0.3, 0.4) is 0 Å². The molecule has 0 fully saturated rings. The highest BCUT2D eigenvalue weighted by Gasteiger charge is 2.52. The van der Waals surface area contributed by atoms with Crippen LogP contribution in [0.15, 0.2) is 108 Å². The highest BCUT2D eigenvalue weighted by molar-refractivity contribution is 14.1. The van der Waals surface area contributed by atoms with Crippen LogP contribution in [0.2, 0.25) is 0 Å². The first-order valence-corrected chi connectivity index (χ1v) is 12.3. The normalized spacial score (nSPS) is 14.5. The molecule has 2 aliphatic rings. The number of furan rings is 1. The van der Waals surface area contributed by atoms with Crippen LogP contribution in [-0.2, 0) is 5.41 Å². The van der Waals surface area contributed by atoms with Gasteiger partial charge in [-0.05, 0) is 67.6 Å². The van der Waals surface area contributed by atoms with Crippen molar-refractivity contribution in [2.75, 3.05) is 0 Å². The summed E-state index contributed by atoms with van der Waals surface area (Å²) >= 11 is 2.38. The lowest BCUT2D eigenvalue weighted by molar-refractivity contribution is 0.666. The Kier molecular flexibility index (Phi) is 3.37. The van der Waals surface area contributed by atoms with Crippen LogP contribution in [0, 0.1) is 3.57 Å². The fraction of sp³-hybridized carbons (Fsp3) is 0.0323. The van der Waals surface area contributed by atoms with E-state index in [2.05, 4.69) is 126 Å². The van der Waals surface area contributed by atoms with Crippen LogP contribution < -0.4 is 0 Å². The molecule has 1 heterocycles. The molecule has 0 radical (unpaired) electrons. The Hall–Kier alpha value is -3.37. The number of benzene rings is 5. The lowest BCUT2D eigenvalue weighted by atomic mass is 9.70. The van der Waals surface area contributed by atoms with Gasteiger partial charge in [0.1, 0.15) is 11.2 Å². The molecule has 0 N–H and O–H groups in total. The fourth-order valence-electron chi connectivity index (χ4n) is 6.40. The Labute approximate surface area is 204 Å². The van der Waals surface area contributed by atoms with E-state index >= 15 is 0 Å². The first-order valence-electron chi connectivity index (χ1n) is 11.2. The maximum absolute atomic E-state index is 6.65. The zero-order valence-corrected chi connectivity index (χ0v) is 19.8. The third kappa shape index (κ3) is 2.00. The number of hydrogen-bond acceptors (Lipinski definition) is 1. The molecule has 6 aromatic rings. The van der Waals surface area contributed by atoms with E-state index in [9.17, 15) is 0 Å². The zero-order chi connectivity index (χ0) is 21.7. The van der Waals surface area contributed by atoms with Crippen LogP contribution in [-0.4, -0.2) is 0 Å². The van der Waals surface area contributed by atoms with E-state index in [4.69, 9.17) is 4.42 Å². The quantitative estimate of drug-likeness (QED) is 0.179. The Morgan fingerprint density at radius 1 is 0.485 bits per heavy atom. The van der Waals surface area contributed by atoms with Crippen molar-refractivity contribution < 1.29 is 4.42 Å². The van der Waals surface area contributed by atoms with E-state index in [0.717, 1.165) is 14.7 Å². The molecule has 0 bridgehead atoms. The minimum absolute atomic E-state index is 0.320. The largest absolute Gasteiger partial charge is 0.454 e. The summed E-state index contributed by atoms with van der Waals surface area (Å²) < 4.78 is 7.80. The zero-order valence-electron chi connectivity index (χ0n) is 17.6. The topological polar surface area (TPSA) is 13.1 Å². The molecular weight excluding hydrogens is 515 g/mol. The fourth-order valence-corrected chi connectivity index (χ4v) is 7.00. The Balaban J connectivity index is 1.62. The van der Waals surface area contributed by atoms with Crippen molar-refractivity contribution in [2.24, 2.45) is 0 Å². The van der Waals surface area contributed by atoms with Crippen LogP contribution in [0.4, 0.5) is 0 Å². The maximum Gasteiger partial charge on any atom is 0.148 e. The first-order chi connectivity index (χ1) is 16.3. The van der Waals surface area contributed by atoms with Crippen molar-refractivity contribution in [3.05, 3.63) is 129 Å². The van der Waals surface area contributed by atoms with E-state index in [0.29, 0.717) is 0 Å². The predicted molar refractivity (Wildman–Crippen MR) is 143 cm³/mol.